The molecule has 1 aliphatic rings. The van der Waals surface area contributed by atoms with E-state index in [1.807, 2.05) is 0 Å². The Hall–Kier alpha value is -1.40. The second-order valence-corrected chi connectivity index (χ2v) is 2.90. The molecular weight excluding hydrogens is 202 g/mol. The molecule has 14 heavy (non-hydrogen) atoms. The normalized spacial score (nSPS) is 21.6. The molecule has 0 saturated carbocycles. The first-order chi connectivity index (χ1) is 6.56. The van der Waals surface area contributed by atoms with E-state index in [0.717, 1.165) is 0 Å². The number of carboxylic acids is 1. The van der Waals surface area contributed by atoms with Gasteiger partial charge in [0.2, 0.25) is 0 Å². The molecule has 0 aromatic rings. The highest BCUT2D eigenvalue weighted by atomic mass is 19.1. The Morgan fingerprint density at radius 2 is 2.14 bits per heavy atom. The van der Waals surface area contributed by atoms with Gasteiger partial charge >= 0.3 is 12.1 Å². The molecule has 0 aromatic heterocycles. The van der Waals surface area contributed by atoms with Gasteiger partial charge in [0, 0.05) is 0 Å². The van der Waals surface area contributed by atoms with E-state index in [9.17, 15) is 18.4 Å². The third-order valence-corrected chi connectivity index (χ3v) is 2.11. The Labute approximate surface area is 77.6 Å². The molecule has 1 heterocycles. The number of halogens is 2. The maximum absolute atomic E-state index is 12.5. The molecule has 0 spiro atoms. The first kappa shape index (κ1) is 10.7. The number of cyclic esters (lactones) is 2. The fraction of sp³-hybridized carbons (Fsp3) is 0.714. The highest BCUT2D eigenvalue weighted by Crippen LogP contribution is 2.30. The highest BCUT2D eigenvalue weighted by molar-refractivity contribution is 5.77. The number of carbonyl (C=O) groups excluding carboxylic acids is 1. The summed E-state index contributed by atoms with van der Waals surface area (Å²) in [6.07, 6.45) is -2.52. The average molecular weight is 210 g/mol. The number of ether oxygens (including phenoxy) is 2. The smallest absolute Gasteiger partial charge is 0.481 e. The molecule has 0 aliphatic carbocycles. The van der Waals surface area contributed by atoms with Crippen LogP contribution in [0.5, 0.6) is 0 Å². The van der Waals surface area contributed by atoms with Gasteiger partial charge in [-0.2, -0.15) is 0 Å². The topological polar surface area (TPSA) is 72.8 Å². The van der Waals surface area contributed by atoms with Crippen LogP contribution in [0.1, 0.15) is 0 Å². The molecule has 0 aromatic carbocycles. The first-order valence-corrected chi connectivity index (χ1v) is 3.75. The maximum Gasteiger partial charge on any atom is 0.508 e. The summed E-state index contributed by atoms with van der Waals surface area (Å²) in [6, 6.07) is 0. The molecule has 80 valence electrons. The molecule has 1 aliphatic heterocycles. The first-order valence-electron chi connectivity index (χ1n) is 3.75. The Bertz CT molecular complexity index is 250. The highest BCUT2D eigenvalue weighted by Gasteiger charge is 2.52. The maximum atomic E-state index is 12.5. The summed E-state index contributed by atoms with van der Waals surface area (Å²) in [5.41, 5.74) is -2.34. The van der Waals surface area contributed by atoms with Crippen molar-refractivity contribution in [1.29, 1.82) is 0 Å². The Kier molecular flexibility index (Phi) is 2.87. The van der Waals surface area contributed by atoms with Crippen molar-refractivity contribution in [3.63, 3.8) is 0 Å². The van der Waals surface area contributed by atoms with Gasteiger partial charge in [-0.3, -0.25) is 4.79 Å². The van der Waals surface area contributed by atoms with Gasteiger partial charge in [-0.25, -0.2) is 13.6 Å². The SMILES string of the molecule is O=C1OCC(C(CF)(CF)C(=O)O)O1. The number of carbonyl (C=O) groups is 2. The van der Waals surface area contributed by atoms with Crippen molar-refractivity contribution in [1.82, 2.24) is 0 Å². The molecule has 0 radical (unpaired) electrons. The second kappa shape index (κ2) is 3.77. The van der Waals surface area contributed by atoms with Crippen LogP contribution in [0.3, 0.4) is 0 Å². The molecule has 1 saturated heterocycles. The molecule has 1 fully saturated rings. The number of aliphatic carboxylic acids is 1. The molecule has 1 unspecified atom stereocenters. The number of hydrogen-bond donors (Lipinski definition) is 1. The molecule has 0 amide bonds. The van der Waals surface area contributed by atoms with E-state index >= 15 is 0 Å². The van der Waals surface area contributed by atoms with Crippen molar-refractivity contribution in [2.45, 2.75) is 6.10 Å². The van der Waals surface area contributed by atoms with E-state index in [4.69, 9.17) is 5.11 Å². The molecule has 7 heteroatoms. The van der Waals surface area contributed by atoms with Gasteiger partial charge in [0.05, 0.1) is 0 Å². The van der Waals surface area contributed by atoms with Crippen LogP contribution in [0.15, 0.2) is 0 Å². The van der Waals surface area contributed by atoms with Crippen LogP contribution < -0.4 is 0 Å². The molecule has 1 N–H and O–H groups in total. The van der Waals surface area contributed by atoms with Crippen LogP contribution in [0.2, 0.25) is 0 Å². The summed E-state index contributed by atoms with van der Waals surface area (Å²) in [5, 5.41) is 8.64. The number of alkyl halides is 2. The fourth-order valence-corrected chi connectivity index (χ4v) is 1.06. The zero-order chi connectivity index (χ0) is 10.8. The Morgan fingerprint density at radius 3 is 2.43 bits per heavy atom. The third kappa shape index (κ3) is 1.49. The minimum Gasteiger partial charge on any atom is -0.481 e. The van der Waals surface area contributed by atoms with Crippen LogP contribution >= 0.6 is 0 Å². The van der Waals surface area contributed by atoms with Crippen molar-refractivity contribution < 1.29 is 33.0 Å². The van der Waals surface area contributed by atoms with Crippen LogP contribution in [-0.2, 0) is 14.3 Å². The summed E-state index contributed by atoms with van der Waals surface area (Å²) >= 11 is 0. The van der Waals surface area contributed by atoms with Gasteiger partial charge in [0.15, 0.2) is 11.5 Å². The van der Waals surface area contributed by atoms with Crippen molar-refractivity contribution in [3.8, 4) is 0 Å². The lowest BCUT2D eigenvalue weighted by atomic mass is 9.85. The Morgan fingerprint density at radius 1 is 1.57 bits per heavy atom. The van der Waals surface area contributed by atoms with Gasteiger partial charge in [-0.15, -0.1) is 0 Å². The van der Waals surface area contributed by atoms with Gasteiger partial charge in [-0.05, 0) is 0 Å². The standard InChI is InChI=1S/C7H8F2O5/c8-2-7(3-9,5(10)11)4-1-13-6(12)14-4/h4H,1-3H2,(H,10,11). The van der Waals surface area contributed by atoms with Gasteiger partial charge in [0.1, 0.15) is 20.0 Å². The summed E-state index contributed by atoms with van der Waals surface area (Å²) in [4.78, 5) is 21.1. The van der Waals surface area contributed by atoms with E-state index in [-0.39, 0.29) is 0 Å². The zero-order valence-electron chi connectivity index (χ0n) is 7.03. The van der Waals surface area contributed by atoms with Gasteiger partial charge in [0.25, 0.3) is 0 Å². The zero-order valence-corrected chi connectivity index (χ0v) is 7.03. The van der Waals surface area contributed by atoms with Crippen LogP contribution in [0.4, 0.5) is 13.6 Å². The van der Waals surface area contributed by atoms with Crippen molar-refractivity contribution >= 4 is 12.1 Å². The number of hydrogen-bond acceptors (Lipinski definition) is 4. The predicted molar refractivity (Wildman–Crippen MR) is 38.2 cm³/mol. The lowest BCUT2D eigenvalue weighted by Crippen LogP contribution is -2.47. The van der Waals surface area contributed by atoms with Gasteiger partial charge in [-0.1, -0.05) is 0 Å². The van der Waals surface area contributed by atoms with E-state index < -0.39 is 43.6 Å². The largest absolute Gasteiger partial charge is 0.508 e. The van der Waals surface area contributed by atoms with Crippen molar-refractivity contribution in [3.05, 3.63) is 0 Å². The molecule has 5 nitrogen and oxygen atoms in total. The van der Waals surface area contributed by atoms with Crippen molar-refractivity contribution in [2.75, 3.05) is 20.0 Å². The molecule has 0 bridgehead atoms. The minimum atomic E-state index is -2.34. The summed E-state index contributed by atoms with van der Waals surface area (Å²) in [6.45, 7) is -3.36. The molecule has 1 rings (SSSR count). The third-order valence-electron chi connectivity index (χ3n) is 2.11. The van der Waals surface area contributed by atoms with Crippen LogP contribution in [0, 0.1) is 5.41 Å². The van der Waals surface area contributed by atoms with Crippen LogP contribution in [-0.4, -0.2) is 43.3 Å². The second-order valence-electron chi connectivity index (χ2n) is 2.90. The predicted octanol–water partition coefficient (Wildman–Crippen LogP) is 0.532. The summed E-state index contributed by atoms with van der Waals surface area (Å²) in [5.74, 6) is -1.69. The molecule has 1 atom stereocenters. The number of carboxylic acid groups (broad SMARTS) is 1. The lowest BCUT2D eigenvalue weighted by molar-refractivity contribution is -0.158. The van der Waals surface area contributed by atoms with E-state index in [1.165, 1.54) is 0 Å². The summed E-state index contributed by atoms with van der Waals surface area (Å²) < 4.78 is 33.6. The summed E-state index contributed by atoms with van der Waals surface area (Å²) in [7, 11) is 0. The van der Waals surface area contributed by atoms with Crippen LogP contribution in [0.25, 0.3) is 0 Å². The van der Waals surface area contributed by atoms with Gasteiger partial charge < -0.3 is 14.6 Å². The minimum absolute atomic E-state index is 0.445. The van der Waals surface area contributed by atoms with E-state index in [0.29, 0.717) is 0 Å². The fourth-order valence-electron chi connectivity index (χ4n) is 1.06. The average Bonchev–Trinajstić information content (AvgIpc) is 2.55. The Balaban J connectivity index is 2.87. The number of rotatable bonds is 4. The molecular formula is C7H8F2O5. The monoisotopic (exact) mass is 210 g/mol. The van der Waals surface area contributed by atoms with Crippen molar-refractivity contribution in [2.24, 2.45) is 5.41 Å². The quantitative estimate of drug-likeness (QED) is 0.685. The van der Waals surface area contributed by atoms with E-state index in [2.05, 4.69) is 9.47 Å². The van der Waals surface area contributed by atoms with E-state index in [1.54, 1.807) is 0 Å². The lowest BCUT2D eigenvalue weighted by Gasteiger charge is -2.25.